The van der Waals surface area contributed by atoms with Gasteiger partial charge in [0, 0.05) is 0 Å². The van der Waals surface area contributed by atoms with E-state index in [1.54, 1.807) is 6.07 Å². The van der Waals surface area contributed by atoms with Crippen molar-refractivity contribution in [2.45, 2.75) is 0 Å². The van der Waals surface area contributed by atoms with Gasteiger partial charge in [-0.1, -0.05) is 0 Å². The van der Waals surface area contributed by atoms with Crippen molar-refractivity contribution >= 4 is 21.2 Å². The zero-order chi connectivity index (χ0) is 6.69. The van der Waals surface area contributed by atoms with Crippen molar-refractivity contribution in [3.63, 3.8) is 0 Å². The van der Waals surface area contributed by atoms with E-state index in [9.17, 15) is 0 Å². The van der Waals surface area contributed by atoms with Crippen molar-refractivity contribution < 1.29 is 0 Å². The van der Waals surface area contributed by atoms with Crippen molar-refractivity contribution in [3.8, 4) is 6.07 Å². The van der Waals surface area contributed by atoms with Gasteiger partial charge in [-0.05, 0) is 0 Å². The quantitative estimate of drug-likeness (QED) is 0.524. The first kappa shape index (κ1) is 6.39. The average Bonchev–Trinajstić information content (AvgIpc) is 1.89. The van der Waals surface area contributed by atoms with Gasteiger partial charge in [-0.15, -0.1) is 0 Å². The molecule has 0 atom stereocenters. The Morgan fingerprint density at radius 1 is 1.33 bits per heavy atom. The molecule has 42 valence electrons. The molecule has 1 aromatic rings. The van der Waals surface area contributed by atoms with Crippen LogP contribution in [0.3, 0.4) is 0 Å². The van der Waals surface area contributed by atoms with Crippen LogP contribution in [0.25, 0.3) is 0 Å². The Labute approximate surface area is 62.8 Å². The number of hydrogen-bond donors (Lipinski definition) is 0. The van der Waals surface area contributed by atoms with Crippen LogP contribution in [0.4, 0.5) is 0 Å². The van der Waals surface area contributed by atoms with Crippen LogP contribution in [0.5, 0.6) is 0 Å². The molecule has 0 heterocycles. The van der Waals surface area contributed by atoms with Crippen LogP contribution in [0.2, 0.25) is 0 Å². The van der Waals surface area contributed by atoms with E-state index in [2.05, 4.69) is 22.9 Å². The molecule has 0 N–H and O–H groups in total. The van der Waals surface area contributed by atoms with Crippen LogP contribution in [-0.4, -0.2) is 16.9 Å². The van der Waals surface area contributed by atoms with Gasteiger partial charge in [-0.3, -0.25) is 0 Å². The molecule has 0 unspecified atom stereocenters. The molecule has 1 aromatic carbocycles. The molecule has 0 saturated heterocycles. The van der Waals surface area contributed by atoms with Gasteiger partial charge < -0.3 is 0 Å². The summed E-state index contributed by atoms with van der Waals surface area (Å²) in [5.74, 6) is 0. The van der Waals surface area contributed by atoms with Gasteiger partial charge in [0.05, 0.1) is 0 Å². The minimum absolute atomic E-state index is 0.734. The first-order valence-corrected chi connectivity index (χ1v) is 3.46. The van der Waals surface area contributed by atoms with Crippen LogP contribution in [0.15, 0.2) is 24.3 Å². The molecular weight excluding hydrogens is 173 g/mol. The third-order valence-corrected chi connectivity index (χ3v) is 1.84. The Kier molecular flexibility index (Phi) is 1.92. The summed E-state index contributed by atoms with van der Waals surface area (Å²) in [7, 11) is 0. The Hall–Kier alpha value is -0.732. The molecule has 0 amide bonds. The van der Waals surface area contributed by atoms with Gasteiger partial charge in [-0.2, -0.15) is 0 Å². The third kappa shape index (κ3) is 1.34. The number of benzene rings is 1. The number of rotatable bonds is 0. The topological polar surface area (TPSA) is 23.8 Å². The number of nitriles is 1. The molecule has 2 radical (unpaired) electrons. The van der Waals surface area contributed by atoms with E-state index >= 15 is 0 Å². The summed E-state index contributed by atoms with van der Waals surface area (Å²) in [4.78, 5) is 0. The monoisotopic (exact) mass is 177 g/mol. The first-order valence-electron chi connectivity index (χ1n) is 2.52. The predicted molar refractivity (Wildman–Crippen MR) is 36.5 cm³/mol. The van der Waals surface area contributed by atoms with Crippen LogP contribution in [-0.2, 0) is 0 Å². The Morgan fingerprint density at radius 2 is 2.00 bits per heavy atom. The van der Waals surface area contributed by atoms with E-state index < -0.39 is 0 Å². The fourth-order valence-corrected chi connectivity index (χ4v) is 1.01. The zero-order valence-electron chi connectivity index (χ0n) is 4.70. The van der Waals surface area contributed by atoms with Crippen molar-refractivity contribution in [3.05, 3.63) is 29.8 Å². The summed E-state index contributed by atoms with van der Waals surface area (Å²) in [6, 6.07) is 9.55. The molecule has 9 heavy (non-hydrogen) atoms. The van der Waals surface area contributed by atoms with Crippen LogP contribution >= 0.6 is 0 Å². The number of nitrogens with zero attached hydrogens (tertiary/aromatic N) is 1. The van der Waals surface area contributed by atoms with Crippen molar-refractivity contribution in [2.75, 3.05) is 0 Å². The molecule has 1 nitrogen and oxygen atoms in total. The molecule has 0 fully saturated rings. The summed E-state index contributed by atoms with van der Waals surface area (Å²) >= 11 is 2.36. The van der Waals surface area contributed by atoms with E-state index in [0.29, 0.717) is 0 Å². The van der Waals surface area contributed by atoms with E-state index in [4.69, 9.17) is 5.26 Å². The van der Waals surface area contributed by atoms with Gasteiger partial charge in [0.15, 0.2) is 0 Å². The zero-order valence-corrected chi connectivity index (χ0v) is 6.58. The maximum atomic E-state index is 8.46. The predicted octanol–water partition coefficient (Wildman–Crippen LogP) is 0.352. The molecule has 0 aromatic heterocycles. The van der Waals surface area contributed by atoms with Gasteiger partial charge in [0.1, 0.15) is 0 Å². The Balaban J connectivity index is 3.20. The second-order valence-corrected chi connectivity index (χ2v) is 2.64. The molecule has 2 heteroatoms. The minimum atomic E-state index is 0.734. The fourth-order valence-electron chi connectivity index (χ4n) is 0.568. The standard InChI is InChI=1S/C7H4AsN/c8-7-4-2-1-3-6(7)5-9/h1-4H. The van der Waals surface area contributed by atoms with Gasteiger partial charge in [-0.25, -0.2) is 0 Å². The summed E-state index contributed by atoms with van der Waals surface area (Å²) in [6.07, 6.45) is 0. The van der Waals surface area contributed by atoms with Crippen molar-refractivity contribution in [1.82, 2.24) is 0 Å². The fraction of sp³-hybridized carbons (Fsp3) is 0. The number of hydrogen-bond acceptors (Lipinski definition) is 1. The SMILES string of the molecule is N#Cc1ccccc1[As]. The molecule has 0 spiro atoms. The van der Waals surface area contributed by atoms with Crippen LogP contribution in [0.1, 0.15) is 5.56 Å². The molecule has 1 rings (SSSR count). The Morgan fingerprint density at radius 3 is 2.44 bits per heavy atom. The van der Waals surface area contributed by atoms with E-state index in [-0.39, 0.29) is 0 Å². The summed E-state index contributed by atoms with van der Waals surface area (Å²) in [5, 5.41) is 8.46. The normalized spacial score (nSPS) is 8.44. The molecular formula is C7H4AsN. The van der Waals surface area contributed by atoms with Crippen molar-refractivity contribution in [2.24, 2.45) is 0 Å². The molecule has 0 saturated carbocycles. The second-order valence-electron chi connectivity index (χ2n) is 1.63. The third-order valence-electron chi connectivity index (χ3n) is 1.02. The van der Waals surface area contributed by atoms with E-state index in [1.165, 1.54) is 0 Å². The molecule has 0 bridgehead atoms. The summed E-state index contributed by atoms with van der Waals surface area (Å²) < 4.78 is 0.979. The van der Waals surface area contributed by atoms with E-state index in [1.807, 2.05) is 18.2 Å². The van der Waals surface area contributed by atoms with E-state index in [0.717, 1.165) is 9.91 Å². The summed E-state index contributed by atoms with van der Waals surface area (Å²) in [6.45, 7) is 0. The Bertz CT molecular complexity index is 249. The van der Waals surface area contributed by atoms with Gasteiger partial charge in [0.25, 0.3) is 0 Å². The molecule has 0 aliphatic heterocycles. The van der Waals surface area contributed by atoms with Gasteiger partial charge >= 0.3 is 62.4 Å². The average molecular weight is 177 g/mol. The first-order chi connectivity index (χ1) is 4.34. The summed E-state index contributed by atoms with van der Waals surface area (Å²) in [5.41, 5.74) is 0.734. The van der Waals surface area contributed by atoms with Gasteiger partial charge in [0.2, 0.25) is 0 Å². The van der Waals surface area contributed by atoms with Crippen LogP contribution < -0.4 is 4.35 Å². The van der Waals surface area contributed by atoms with Crippen LogP contribution in [0, 0.1) is 11.3 Å². The maximum absolute atomic E-state index is 8.46. The molecule has 0 aliphatic rings. The second kappa shape index (κ2) is 2.71. The molecule has 0 aliphatic carbocycles. The van der Waals surface area contributed by atoms with Crippen molar-refractivity contribution in [1.29, 1.82) is 5.26 Å².